The van der Waals surface area contributed by atoms with Crippen LogP contribution in [0.15, 0.2) is 25.3 Å². The van der Waals surface area contributed by atoms with Gasteiger partial charge < -0.3 is 15.0 Å². The topological polar surface area (TPSA) is 75.7 Å². The molecule has 0 aromatic heterocycles. The standard InChI is InChI=1S/C13H23NO3Si.C7H11NO/c1-5-11-10-12(15)6-7-14(11)13(16)17-8-9-18(2,3)4;1-2-6-5-7(9)3-4-8-6/h5,11H,1,6-10H2,2-4H3;2,6,8H,1,3-5H2. The van der Waals surface area contributed by atoms with Gasteiger partial charge in [-0.25, -0.2) is 4.79 Å². The average molecular weight is 395 g/mol. The number of hydrogen-bond acceptors (Lipinski definition) is 5. The maximum Gasteiger partial charge on any atom is 0.410 e. The van der Waals surface area contributed by atoms with Gasteiger partial charge in [0.2, 0.25) is 0 Å². The minimum atomic E-state index is -1.18. The van der Waals surface area contributed by atoms with Crippen LogP contribution in [0.4, 0.5) is 4.79 Å². The van der Waals surface area contributed by atoms with Gasteiger partial charge in [-0.3, -0.25) is 9.59 Å². The van der Waals surface area contributed by atoms with Gasteiger partial charge in [-0.05, 0) is 6.04 Å². The molecule has 7 heteroatoms. The average Bonchev–Trinajstić information content (AvgIpc) is 2.60. The van der Waals surface area contributed by atoms with Crippen LogP contribution in [0.1, 0.15) is 25.7 Å². The van der Waals surface area contributed by atoms with Crippen molar-refractivity contribution in [1.82, 2.24) is 10.2 Å². The number of carbonyl (C=O) groups excluding carboxylic acids is 3. The molecule has 27 heavy (non-hydrogen) atoms. The second-order valence-electron chi connectivity index (χ2n) is 8.20. The molecule has 2 rings (SSSR count). The van der Waals surface area contributed by atoms with Gasteiger partial charge in [0.1, 0.15) is 11.6 Å². The quantitative estimate of drug-likeness (QED) is 0.572. The van der Waals surface area contributed by atoms with Crippen molar-refractivity contribution in [2.24, 2.45) is 0 Å². The summed E-state index contributed by atoms with van der Waals surface area (Å²) in [5.41, 5.74) is 0. The summed E-state index contributed by atoms with van der Waals surface area (Å²) in [5, 5.41) is 3.16. The maximum absolute atomic E-state index is 11.9. The molecule has 0 aromatic rings. The van der Waals surface area contributed by atoms with E-state index in [1.54, 1.807) is 17.1 Å². The Morgan fingerprint density at radius 2 is 1.85 bits per heavy atom. The lowest BCUT2D eigenvalue weighted by molar-refractivity contribution is -0.122. The van der Waals surface area contributed by atoms with Crippen LogP contribution in [0, 0.1) is 0 Å². The molecule has 0 aromatic carbocycles. The van der Waals surface area contributed by atoms with E-state index in [4.69, 9.17) is 4.74 Å². The van der Waals surface area contributed by atoms with E-state index in [1.807, 2.05) is 0 Å². The third-order valence-electron chi connectivity index (χ3n) is 4.60. The Balaban J connectivity index is 0.000000337. The molecule has 0 saturated carbocycles. The Bertz CT molecular complexity index is 557. The van der Waals surface area contributed by atoms with Gasteiger partial charge in [-0.1, -0.05) is 31.8 Å². The zero-order valence-electron chi connectivity index (χ0n) is 17.0. The molecule has 152 valence electrons. The Morgan fingerprint density at radius 3 is 2.37 bits per heavy atom. The van der Waals surface area contributed by atoms with Crippen molar-refractivity contribution < 1.29 is 19.1 Å². The van der Waals surface area contributed by atoms with Crippen molar-refractivity contribution in [2.45, 2.75) is 63.5 Å². The first-order chi connectivity index (χ1) is 12.7. The lowest BCUT2D eigenvalue weighted by atomic mass is 10.0. The highest BCUT2D eigenvalue weighted by molar-refractivity contribution is 6.76. The lowest BCUT2D eigenvalue weighted by Crippen LogP contribution is -2.45. The molecule has 2 atom stereocenters. The zero-order valence-corrected chi connectivity index (χ0v) is 18.0. The molecular weight excluding hydrogens is 360 g/mol. The molecule has 0 spiro atoms. The molecule has 1 N–H and O–H groups in total. The largest absolute Gasteiger partial charge is 0.450 e. The number of ketones is 2. The smallest absolute Gasteiger partial charge is 0.410 e. The van der Waals surface area contributed by atoms with Crippen molar-refractivity contribution in [3.05, 3.63) is 25.3 Å². The van der Waals surface area contributed by atoms with Gasteiger partial charge in [0.15, 0.2) is 0 Å². The first-order valence-corrected chi connectivity index (χ1v) is 13.3. The molecular formula is C20H34N2O4Si. The molecule has 0 radical (unpaired) electrons. The van der Waals surface area contributed by atoms with Crippen molar-refractivity contribution in [1.29, 1.82) is 0 Å². The molecule has 1 amide bonds. The number of Topliss-reactive ketones (excluding diaryl/α,β-unsaturated/α-hetero) is 2. The Kier molecular flexibility index (Phi) is 9.66. The fourth-order valence-corrected chi connectivity index (χ4v) is 3.52. The number of amides is 1. The van der Waals surface area contributed by atoms with Gasteiger partial charge in [0.05, 0.1) is 12.6 Å². The van der Waals surface area contributed by atoms with Crippen LogP contribution in [0.25, 0.3) is 0 Å². The molecule has 2 heterocycles. The second kappa shape index (κ2) is 11.2. The number of piperidine rings is 2. The molecule has 6 nitrogen and oxygen atoms in total. The third kappa shape index (κ3) is 9.15. The van der Waals surface area contributed by atoms with Gasteiger partial charge in [-0.15, -0.1) is 13.2 Å². The number of nitrogens with one attached hydrogen (secondary N) is 1. The van der Waals surface area contributed by atoms with Crippen molar-refractivity contribution >= 4 is 25.7 Å². The first-order valence-electron chi connectivity index (χ1n) is 9.61. The van der Waals surface area contributed by atoms with E-state index in [1.165, 1.54) is 0 Å². The van der Waals surface area contributed by atoms with Gasteiger partial charge >= 0.3 is 6.09 Å². The molecule has 2 aliphatic heterocycles. The van der Waals surface area contributed by atoms with Crippen molar-refractivity contribution in [3.8, 4) is 0 Å². The number of rotatable bonds is 5. The number of nitrogens with zero attached hydrogens (tertiary/aromatic N) is 1. The molecule has 2 fully saturated rings. The Labute approximate surface area is 164 Å². The predicted molar refractivity (Wildman–Crippen MR) is 111 cm³/mol. The van der Waals surface area contributed by atoms with Crippen LogP contribution < -0.4 is 5.32 Å². The number of likely N-dealkylation sites (tertiary alicyclic amines) is 1. The number of ether oxygens (including phenoxy) is 1. The van der Waals surface area contributed by atoms with E-state index in [2.05, 4.69) is 38.1 Å². The van der Waals surface area contributed by atoms with Crippen LogP contribution in [0.2, 0.25) is 25.7 Å². The van der Waals surface area contributed by atoms with E-state index >= 15 is 0 Å². The summed E-state index contributed by atoms with van der Waals surface area (Å²) < 4.78 is 5.29. The zero-order chi connectivity index (χ0) is 20.4. The fraction of sp³-hybridized carbons (Fsp3) is 0.650. The summed E-state index contributed by atoms with van der Waals surface area (Å²) in [6.45, 7) is 15.7. The monoisotopic (exact) mass is 394 g/mol. The summed E-state index contributed by atoms with van der Waals surface area (Å²) in [6.07, 6.45) is 5.23. The molecule has 0 aliphatic carbocycles. The molecule has 2 saturated heterocycles. The highest BCUT2D eigenvalue weighted by Crippen LogP contribution is 2.17. The third-order valence-corrected chi connectivity index (χ3v) is 6.30. The summed E-state index contributed by atoms with van der Waals surface area (Å²) >= 11 is 0. The van der Waals surface area contributed by atoms with Gasteiger partial charge in [-0.2, -0.15) is 0 Å². The van der Waals surface area contributed by atoms with Crippen molar-refractivity contribution in [3.63, 3.8) is 0 Å². The molecule has 0 bridgehead atoms. The Hall–Kier alpha value is -1.73. The van der Waals surface area contributed by atoms with E-state index in [9.17, 15) is 14.4 Å². The maximum atomic E-state index is 11.9. The number of hydrogen-bond donors (Lipinski definition) is 1. The fourth-order valence-electron chi connectivity index (χ4n) is 2.80. The van der Waals surface area contributed by atoms with Crippen LogP contribution in [0.3, 0.4) is 0 Å². The summed E-state index contributed by atoms with van der Waals surface area (Å²) in [5.74, 6) is 0.532. The van der Waals surface area contributed by atoms with Crippen LogP contribution in [-0.2, 0) is 14.3 Å². The van der Waals surface area contributed by atoms with Crippen LogP contribution in [-0.4, -0.2) is 62.4 Å². The summed E-state index contributed by atoms with van der Waals surface area (Å²) in [4.78, 5) is 35.6. The minimum absolute atomic E-state index is 0.186. The van der Waals surface area contributed by atoms with Gasteiger partial charge in [0.25, 0.3) is 0 Å². The SMILES string of the molecule is C=CC1CC(=O)CCN1.C=CC1CC(=O)CCN1C(=O)OCC[Si](C)(C)C. The van der Waals surface area contributed by atoms with E-state index in [0.717, 1.165) is 12.6 Å². The van der Waals surface area contributed by atoms with E-state index in [0.29, 0.717) is 44.6 Å². The lowest BCUT2D eigenvalue weighted by Gasteiger charge is -2.32. The minimum Gasteiger partial charge on any atom is -0.450 e. The number of carbonyl (C=O) groups is 3. The van der Waals surface area contributed by atoms with Crippen molar-refractivity contribution in [2.75, 3.05) is 19.7 Å². The Morgan fingerprint density at radius 1 is 1.19 bits per heavy atom. The summed E-state index contributed by atoms with van der Waals surface area (Å²) in [7, 11) is -1.18. The molecule has 2 unspecified atom stereocenters. The van der Waals surface area contributed by atoms with E-state index < -0.39 is 8.07 Å². The second-order valence-corrected chi connectivity index (χ2v) is 13.8. The highest BCUT2D eigenvalue weighted by atomic mass is 28.3. The normalized spacial score (nSPS) is 23.1. The van der Waals surface area contributed by atoms with Crippen LogP contribution in [0.5, 0.6) is 0 Å². The summed E-state index contributed by atoms with van der Waals surface area (Å²) in [6, 6.07) is 0.987. The van der Waals surface area contributed by atoms with Crippen LogP contribution >= 0.6 is 0 Å². The predicted octanol–water partition coefficient (Wildman–Crippen LogP) is 3.17. The highest BCUT2D eigenvalue weighted by Gasteiger charge is 2.29. The first kappa shape index (κ1) is 23.3. The molecule has 2 aliphatic rings. The van der Waals surface area contributed by atoms with Gasteiger partial charge in [0, 0.05) is 52.9 Å². The van der Waals surface area contributed by atoms with E-state index in [-0.39, 0.29) is 24.0 Å².